The van der Waals surface area contributed by atoms with Crippen molar-refractivity contribution in [3.05, 3.63) is 12.4 Å². The highest BCUT2D eigenvalue weighted by Gasteiger charge is 2.00. The molecule has 0 saturated heterocycles. The Hall–Kier alpha value is -0.770. The number of aromatic nitrogens is 2. The van der Waals surface area contributed by atoms with Crippen molar-refractivity contribution in [3.63, 3.8) is 0 Å². The fourth-order valence-electron chi connectivity index (χ4n) is 0.783. The lowest BCUT2D eigenvalue weighted by Crippen LogP contribution is -2.17. The van der Waals surface area contributed by atoms with Crippen LogP contribution in [0.3, 0.4) is 0 Å². The topological polar surface area (TPSA) is 29.0 Å². The SMILES string of the molecule is CCN(C)c1cncc(SC)n1. The molecule has 66 valence electrons. The van der Waals surface area contributed by atoms with Gasteiger partial charge in [-0.2, -0.15) is 0 Å². The lowest BCUT2D eigenvalue weighted by atomic mass is 10.5. The number of anilines is 1. The molecule has 0 aromatic carbocycles. The smallest absolute Gasteiger partial charge is 0.148 e. The zero-order chi connectivity index (χ0) is 8.97. The predicted molar refractivity (Wildman–Crippen MR) is 52.8 cm³/mol. The van der Waals surface area contributed by atoms with Crippen LogP contribution in [0.1, 0.15) is 6.92 Å². The van der Waals surface area contributed by atoms with Gasteiger partial charge in [-0.3, -0.25) is 4.98 Å². The molecule has 0 unspecified atom stereocenters. The van der Waals surface area contributed by atoms with E-state index in [1.54, 1.807) is 24.2 Å². The Kier molecular flexibility index (Phi) is 3.34. The molecule has 3 nitrogen and oxygen atoms in total. The molecule has 0 amide bonds. The molecule has 4 heteroatoms. The summed E-state index contributed by atoms with van der Waals surface area (Å²) in [6, 6.07) is 0. The van der Waals surface area contributed by atoms with Crippen LogP contribution in [0.5, 0.6) is 0 Å². The molecule has 0 radical (unpaired) electrons. The van der Waals surface area contributed by atoms with Gasteiger partial charge in [0.1, 0.15) is 10.8 Å². The van der Waals surface area contributed by atoms with Gasteiger partial charge in [0.05, 0.1) is 12.4 Å². The van der Waals surface area contributed by atoms with Crippen LogP contribution < -0.4 is 4.90 Å². The predicted octanol–water partition coefficient (Wildman–Crippen LogP) is 1.65. The first-order chi connectivity index (χ1) is 5.77. The van der Waals surface area contributed by atoms with Crippen LogP contribution in [0.15, 0.2) is 17.4 Å². The van der Waals surface area contributed by atoms with Gasteiger partial charge in [-0.05, 0) is 13.2 Å². The largest absolute Gasteiger partial charge is 0.359 e. The minimum absolute atomic E-state index is 0.935. The van der Waals surface area contributed by atoms with Crippen molar-refractivity contribution >= 4 is 17.6 Å². The molecule has 0 bridgehead atoms. The molecule has 0 spiro atoms. The molecule has 0 atom stereocenters. The van der Waals surface area contributed by atoms with Crippen molar-refractivity contribution < 1.29 is 0 Å². The van der Waals surface area contributed by atoms with Crippen LogP contribution in [-0.4, -0.2) is 29.8 Å². The van der Waals surface area contributed by atoms with E-state index in [4.69, 9.17) is 0 Å². The van der Waals surface area contributed by atoms with Crippen molar-refractivity contribution in [2.45, 2.75) is 11.9 Å². The Morgan fingerprint density at radius 3 is 2.83 bits per heavy atom. The minimum atomic E-state index is 0.935. The monoisotopic (exact) mass is 183 g/mol. The third kappa shape index (κ3) is 2.11. The zero-order valence-electron chi connectivity index (χ0n) is 7.61. The van der Waals surface area contributed by atoms with Gasteiger partial charge < -0.3 is 4.90 Å². The molecule has 0 aliphatic rings. The van der Waals surface area contributed by atoms with Crippen LogP contribution in [0.4, 0.5) is 5.82 Å². The third-order valence-corrected chi connectivity index (χ3v) is 2.29. The van der Waals surface area contributed by atoms with Gasteiger partial charge in [0.15, 0.2) is 0 Å². The highest BCUT2D eigenvalue weighted by Crippen LogP contribution is 2.13. The van der Waals surface area contributed by atoms with E-state index < -0.39 is 0 Å². The fourth-order valence-corrected chi connectivity index (χ4v) is 1.13. The van der Waals surface area contributed by atoms with Crippen LogP contribution in [0.25, 0.3) is 0 Å². The first-order valence-corrected chi connectivity index (χ1v) is 5.07. The summed E-state index contributed by atoms with van der Waals surface area (Å²) in [6.45, 7) is 3.04. The Morgan fingerprint density at radius 2 is 2.25 bits per heavy atom. The van der Waals surface area contributed by atoms with E-state index in [1.807, 2.05) is 13.3 Å². The standard InChI is InChI=1S/C8H13N3S/c1-4-11(2)7-5-9-6-8(10-7)12-3/h5-6H,4H2,1-3H3. The van der Waals surface area contributed by atoms with Crippen LogP contribution in [0, 0.1) is 0 Å². The number of nitrogens with zero attached hydrogens (tertiary/aromatic N) is 3. The third-order valence-electron chi connectivity index (χ3n) is 1.67. The lowest BCUT2D eigenvalue weighted by Gasteiger charge is -2.14. The molecule has 0 saturated carbocycles. The van der Waals surface area contributed by atoms with Gasteiger partial charge in [-0.15, -0.1) is 11.8 Å². The van der Waals surface area contributed by atoms with E-state index in [1.165, 1.54) is 0 Å². The molecule has 0 fully saturated rings. The molecule has 1 aromatic heterocycles. The quantitative estimate of drug-likeness (QED) is 0.666. The molecule has 1 aromatic rings. The second-order valence-corrected chi connectivity index (χ2v) is 3.26. The molecular formula is C8H13N3S. The molecule has 0 aliphatic heterocycles. The Labute approximate surface area is 77.2 Å². The van der Waals surface area contributed by atoms with Gasteiger partial charge in [-0.25, -0.2) is 4.98 Å². The van der Waals surface area contributed by atoms with Crippen LogP contribution in [-0.2, 0) is 0 Å². The summed E-state index contributed by atoms with van der Waals surface area (Å²) in [7, 11) is 2.01. The lowest BCUT2D eigenvalue weighted by molar-refractivity contribution is 0.902. The summed E-state index contributed by atoms with van der Waals surface area (Å²) >= 11 is 1.61. The highest BCUT2D eigenvalue weighted by atomic mass is 32.2. The molecule has 0 aliphatic carbocycles. The summed E-state index contributed by atoms with van der Waals surface area (Å²) in [4.78, 5) is 10.6. The summed E-state index contributed by atoms with van der Waals surface area (Å²) in [5.74, 6) is 0.935. The molecule has 1 rings (SSSR count). The molecule has 1 heterocycles. The maximum atomic E-state index is 4.39. The Balaban J connectivity index is 2.86. The first kappa shape index (κ1) is 9.32. The van der Waals surface area contributed by atoms with Crippen LogP contribution >= 0.6 is 11.8 Å². The molecule has 12 heavy (non-hydrogen) atoms. The number of hydrogen-bond acceptors (Lipinski definition) is 4. The number of rotatable bonds is 3. The summed E-state index contributed by atoms with van der Waals surface area (Å²) in [6.07, 6.45) is 5.56. The van der Waals surface area contributed by atoms with Crippen LogP contribution in [0.2, 0.25) is 0 Å². The Bertz CT molecular complexity index is 252. The van der Waals surface area contributed by atoms with Gasteiger partial charge in [0.2, 0.25) is 0 Å². The maximum Gasteiger partial charge on any atom is 0.148 e. The van der Waals surface area contributed by atoms with Gasteiger partial charge in [0.25, 0.3) is 0 Å². The van der Waals surface area contributed by atoms with E-state index in [0.29, 0.717) is 0 Å². The fraction of sp³-hybridized carbons (Fsp3) is 0.500. The van der Waals surface area contributed by atoms with Gasteiger partial charge in [-0.1, -0.05) is 0 Å². The van der Waals surface area contributed by atoms with E-state index >= 15 is 0 Å². The van der Waals surface area contributed by atoms with E-state index in [9.17, 15) is 0 Å². The molecular weight excluding hydrogens is 170 g/mol. The van der Waals surface area contributed by atoms with Crippen molar-refractivity contribution in [1.82, 2.24) is 9.97 Å². The second-order valence-electron chi connectivity index (χ2n) is 2.43. The first-order valence-electron chi connectivity index (χ1n) is 3.85. The number of thioether (sulfide) groups is 1. The second kappa shape index (κ2) is 4.30. The van der Waals surface area contributed by atoms with E-state index in [0.717, 1.165) is 17.4 Å². The van der Waals surface area contributed by atoms with Gasteiger partial charge in [0, 0.05) is 13.6 Å². The average molecular weight is 183 g/mol. The highest BCUT2D eigenvalue weighted by molar-refractivity contribution is 7.98. The van der Waals surface area contributed by atoms with Crippen molar-refractivity contribution in [3.8, 4) is 0 Å². The Morgan fingerprint density at radius 1 is 1.50 bits per heavy atom. The van der Waals surface area contributed by atoms with Crippen molar-refractivity contribution in [2.75, 3.05) is 24.7 Å². The number of hydrogen-bond donors (Lipinski definition) is 0. The van der Waals surface area contributed by atoms with Gasteiger partial charge >= 0.3 is 0 Å². The van der Waals surface area contributed by atoms with E-state index in [2.05, 4.69) is 21.8 Å². The summed E-state index contributed by atoms with van der Waals surface area (Å²) in [5.41, 5.74) is 0. The summed E-state index contributed by atoms with van der Waals surface area (Å²) in [5, 5.41) is 0.966. The average Bonchev–Trinajstić information content (AvgIpc) is 2.17. The summed E-state index contributed by atoms with van der Waals surface area (Å²) < 4.78 is 0. The maximum absolute atomic E-state index is 4.39. The normalized spacial score (nSPS) is 9.92. The van der Waals surface area contributed by atoms with E-state index in [-0.39, 0.29) is 0 Å². The van der Waals surface area contributed by atoms with Crippen molar-refractivity contribution in [2.24, 2.45) is 0 Å². The minimum Gasteiger partial charge on any atom is -0.359 e. The molecule has 0 N–H and O–H groups in total. The van der Waals surface area contributed by atoms with Crippen molar-refractivity contribution in [1.29, 1.82) is 0 Å². The zero-order valence-corrected chi connectivity index (χ0v) is 8.43.